The van der Waals surface area contributed by atoms with Crippen LogP contribution in [-0.2, 0) is 9.47 Å². The van der Waals surface area contributed by atoms with E-state index < -0.39 is 11.0 Å². The number of rotatable bonds is 3. The molecule has 8 heteroatoms. The number of epoxide rings is 1. The molecule has 0 radical (unpaired) electrons. The fraction of sp³-hybridized carbons (Fsp3) is 0.625. The van der Waals surface area contributed by atoms with Crippen molar-refractivity contribution in [2.75, 3.05) is 6.61 Å². The Bertz CT molecular complexity index is 433. The normalized spacial score (nSPS) is 36.1. The molecule has 0 aliphatic carbocycles. The summed E-state index contributed by atoms with van der Waals surface area (Å²) in [6.07, 6.45) is 0.407. The Morgan fingerprint density at radius 3 is 2.94 bits per heavy atom. The number of nitro groups is 1. The zero-order valence-corrected chi connectivity index (χ0v) is 8.07. The summed E-state index contributed by atoms with van der Waals surface area (Å²) in [6, 6.07) is 0. The molecule has 1 aromatic heterocycles. The van der Waals surface area contributed by atoms with E-state index in [1.54, 1.807) is 0 Å². The molecule has 0 unspecified atom stereocenters. The minimum atomic E-state index is -0.604. The Morgan fingerprint density at radius 1 is 1.56 bits per heavy atom. The zero-order chi connectivity index (χ0) is 11.3. The molecular formula is C8H9N3O5. The summed E-state index contributed by atoms with van der Waals surface area (Å²) < 4.78 is 10.8. The fourth-order valence-corrected chi connectivity index (χ4v) is 1.97. The maximum Gasteiger partial charge on any atom is 0.432 e. The molecule has 2 fully saturated rings. The number of nitrogens with one attached hydrogen (secondary N) is 1. The smallest absolute Gasteiger partial charge is 0.394 e. The number of imidazole rings is 1. The van der Waals surface area contributed by atoms with Crippen LogP contribution in [0.4, 0.5) is 5.95 Å². The van der Waals surface area contributed by atoms with E-state index in [1.807, 2.05) is 0 Å². The van der Waals surface area contributed by atoms with E-state index in [1.165, 1.54) is 6.20 Å². The SMILES string of the molecule is O=[N+]([O-])c1nc([C@@H]2O[C@H](CO)[C@H]3O[C@@H]32)c[nH]1. The maximum atomic E-state index is 10.4. The van der Waals surface area contributed by atoms with Crippen molar-refractivity contribution in [3.63, 3.8) is 0 Å². The lowest BCUT2D eigenvalue weighted by Gasteiger charge is -2.11. The number of aromatic amines is 1. The largest absolute Gasteiger partial charge is 0.432 e. The molecular weight excluding hydrogens is 218 g/mol. The topological polar surface area (TPSA) is 114 Å². The first kappa shape index (κ1) is 9.70. The first-order valence-corrected chi connectivity index (χ1v) is 4.82. The predicted octanol–water partition coefficient (Wildman–Crippen LogP) is -0.483. The molecule has 3 rings (SSSR count). The second kappa shape index (κ2) is 3.24. The third-order valence-corrected chi connectivity index (χ3v) is 2.78. The van der Waals surface area contributed by atoms with Gasteiger partial charge in [-0.1, -0.05) is 4.98 Å². The quantitative estimate of drug-likeness (QED) is 0.409. The Labute approximate surface area is 89.3 Å². The van der Waals surface area contributed by atoms with Gasteiger partial charge in [0.15, 0.2) is 5.69 Å². The number of aliphatic hydroxyl groups is 1. The molecule has 16 heavy (non-hydrogen) atoms. The average Bonchev–Trinajstić information content (AvgIpc) is 2.78. The molecule has 2 saturated heterocycles. The molecule has 1 aromatic rings. The standard InChI is InChI=1S/C8H9N3O5/c12-2-4-6-7(16-6)5(15-4)3-1-9-8(10-3)11(13)14/h1,4-7,12H,2H2,(H,9,10)/t4-,5+,6-,7-/m1/s1. The van der Waals surface area contributed by atoms with E-state index in [4.69, 9.17) is 14.6 Å². The lowest BCUT2D eigenvalue weighted by Crippen LogP contribution is -2.20. The lowest BCUT2D eigenvalue weighted by atomic mass is 10.1. The Morgan fingerprint density at radius 2 is 2.38 bits per heavy atom. The molecule has 0 bridgehead atoms. The summed E-state index contributed by atoms with van der Waals surface area (Å²) in [5, 5.41) is 19.4. The van der Waals surface area contributed by atoms with Crippen LogP contribution in [0.1, 0.15) is 11.8 Å². The number of H-pyrrole nitrogens is 1. The van der Waals surface area contributed by atoms with Crippen LogP contribution in [0, 0.1) is 10.1 Å². The van der Waals surface area contributed by atoms with Crippen molar-refractivity contribution in [1.29, 1.82) is 0 Å². The van der Waals surface area contributed by atoms with Crippen LogP contribution in [0.3, 0.4) is 0 Å². The Balaban J connectivity index is 1.80. The highest BCUT2D eigenvalue weighted by Crippen LogP contribution is 2.46. The van der Waals surface area contributed by atoms with Gasteiger partial charge in [0, 0.05) is 0 Å². The van der Waals surface area contributed by atoms with Gasteiger partial charge in [-0.2, -0.15) is 0 Å². The number of nitrogens with zero attached hydrogens (tertiary/aromatic N) is 2. The van der Waals surface area contributed by atoms with Gasteiger partial charge < -0.3 is 24.7 Å². The third-order valence-electron chi connectivity index (χ3n) is 2.78. The van der Waals surface area contributed by atoms with Gasteiger partial charge in [-0.3, -0.25) is 0 Å². The number of fused-ring (bicyclic) bond motifs is 1. The summed E-state index contributed by atoms with van der Waals surface area (Å²) in [5.41, 5.74) is 0.440. The summed E-state index contributed by atoms with van der Waals surface area (Å²) in [4.78, 5) is 16.1. The predicted molar refractivity (Wildman–Crippen MR) is 48.6 cm³/mol. The molecule has 4 atom stereocenters. The molecule has 0 spiro atoms. The molecule has 0 aromatic carbocycles. The van der Waals surface area contributed by atoms with Crippen LogP contribution in [-0.4, -0.2) is 44.9 Å². The van der Waals surface area contributed by atoms with Crippen molar-refractivity contribution in [3.8, 4) is 0 Å². The van der Waals surface area contributed by atoms with Crippen LogP contribution in [0.5, 0.6) is 0 Å². The molecule has 3 heterocycles. The fourth-order valence-electron chi connectivity index (χ4n) is 1.97. The van der Waals surface area contributed by atoms with Crippen LogP contribution >= 0.6 is 0 Å². The van der Waals surface area contributed by atoms with E-state index in [-0.39, 0.29) is 30.9 Å². The third kappa shape index (κ3) is 1.31. The van der Waals surface area contributed by atoms with Gasteiger partial charge in [0.1, 0.15) is 30.6 Å². The van der Waals surface area contributed by atoms with Crippen LogP contribution in [0.15, 0.2) is 6.20 Å². The molecule has 2 N–H and O–H groups in total. The molecule has 2 aliphatic rings. The minimum Gasteiger partial charge on any atom is -0.394 e. The Hall–Kier alpha value is -1.51. The molecule has 2 aliphatic heterocycles. The van der Waals surface area contributed by atoms with E-state index >= 15 is 0 Å². The highest BCUT2D eigenvalue weighted by atomic mass is 16.7. The van der Waals surface area contributed by atoms with Gasteiger partial charge >= 0.3 is 5.95 Å². The first-order chi connectivity index (χ1) is 7.70. The van der Waals surface area contributed by atoms with Gasteiger partial charge in [-0.15, -0.1) is 0 Å². The number of aliphatic hydroxyl groups excluding tert-OH is 1. The second-order valence-corrected chi connectivity index (χ2v) is 3.75. The lowest BCUT2D eigenvalue weighted by molar-refractivity contribution is -0.393. The Kier molecular flexibility index (Phi) is 1.96. The van der Waals surface area contributed by atoms with E-state index in [0.717, 1.165) is 0 Å². The summed E-state index contributed by atoms with van der Waals surface area (Å²) in [6.45, 7) is -0.121. The van der Waals surface area contributed by atoms with Crippen molar-refractivity contribution < 1.29 is 19.5 Å². The summed E-state index contributed by atoms with van der Waals surface area (Å²) in [7, 11) is 0. The number of hydrogen-bond acceptors (Lipinski definition) is 6. The van der Waals surface area contributed by atoms with Gasteiger partial charge in [0.05, 0.1) is 6.61 Å². The number of aromatic nitrogens is 2. The molecule has 0 saturated carbocycles. The summed E-state index contributed by atoms with van der Waals surface area (Å²) >= 11 is 0. The second-order valence-electron chi connectivity index (χ2n) is 3.75. The van der Waals surface area contributed by atoms with E-state index in [0.29, 0.717) is 5.69 Å². The van der Waals surface area contributed by atoms with Gasteiger partial charge in [0.2, 0.25) is 0 Å². The number of ether oxygens (including phenoxy) is 2. The maximum absolute atomic E-state index is 10.4. The zero-order valence-electron chi connectivity index (χ0n) is 8.07. The summed E-state index contributed by atoms with van der Waals surface area (Å²) in [5.74, 6) is -0.316. The van der Waals surface area contributed by atoms with Crippen molar-refractivity contribution >= 4 is 5.95 Å². The average molecular weight is 227 g/mol. The monoisotopic (exact) mass is 227 g/mol. The van der Waals surface area contributed by atoms with Crippen LogP contribution < -0.4 is 0 Å². The highest BCUT2D eigenvalue weighted by molar-refractivity contribution is 5.19. The van der Waals surface area contributed by atoms with Gasteiger partial charge in [0.25, 0.3) is 0 Å². The number of hydrogen-bond donors (Lipinski definition) is 2. The highest BCUT2D eigenvalue weighted by Gasteiger charge is 2.59. The van der Waals surface area contributed by atoms with Crippen molar-refractivity contribution in [3.05, 3.63) is 22.0 Å². The first-order valence-electron chi connectivity index (χ1n) is 4.82. The van der Waals surface area contributed by atoms with E-state index in [9.17, 15) is 10.1 Å². The molecule has 86 valence electrons. The van der Waals surface area contributed by atoms with Crippen molar-refractivity contribution in [2.45, 2.75) is 24.4 Å². The molecule has 0 amide bonds. The van der Waals surface area contributed by atoms with E-state index in [2.05, 4.69) is 9.97 Å². The van der Waals surface area contributed by atoms with Crippen LogP contribution in [0.25, 0.3) is 0 Å². The van der Waals surface area contributed by atoms with Gasteiger partial charge in [-0.05, 0) is 4.92 Å². The van der Waals surface area contributed by atoms with Gasteiger partial charge in [-0.25, -0.2) is 4.98 Å². The van der Waals surface area contributed by atoms with Crippen LogP contribution in [0.2, 0.25) is 0 Å². The minimum absolute atomic E-state index is 0.106. The van der Waals surface area contributed by atoms with Crippen molar-refractivity contribution in [1.82, 2.24) is 9.97 Å². The van der Waals surface area contributed by atoms with Crippen molar-refractivity contribution in [2.24, 2.45) is 0 Å². The molecule has 8 nitrogen and oxygen atoms in total.